The number of carbonyl (C=O) groups excluding carboxylic acids is 1. The van der Waals surface area contributed by atoms with Gasteiger partial charge in [0.15, 0.2) is 0 Å². The fourth-order valence-electron chi connectivity index (χ4n) is 1.91. The molecule has 1 atom stereocenters. The van der Waals surface area contributed by atoms with Gasteiger partial charge in [0.2, 0.25) is 5.91 Å². The molecule has 1 saturated carbocycles. The molecule has 1 fully saturated rings. The maximum absolute atomic E-state index is 11.9. The molecule has 1 heterocycles. The first-order valence-electron chi connectivity index (χ1n) is 5.68. The summed E-state index contributed by atoms with van der Waals surface area (Å²) in [6.45, 7) is 2.38. The molecule has 4 nitrogen and oxygen atoms in total. The fourth-order valence-corrected chi connectivity index (χ4v) is 1.91. The van der Waals surface area contributed by atoms with Gasteiger partial charge in [0, 0.05) is 26.0 Å². The third-order valence-electron chi connectivity index (χ3n) is 3.26. The Kier molecular flexibility index (Phi) is 2.76. The zero-order valence-electron chi connectivity index (χ0n) is 9.86. The second kappa shape index (κ2) is 3.94. The van der Waals surface area contributed by atoms with Crippen molar-refractivity contribution < 1.29 is 4.79 Å². The van der Waals surface area contributed by atoms with E-state index in [0.717, 1.165) is 18.4 Å². The zero-order valence-corrected chi connectivity index (χ0v) is 9.86. The standard InChI is InChI=1S/C12H19N3O/c1-12(13,10-3-4-10)11(16)14-7-9-5-6-15(2)8-9/h5-6,8,10H,3-4,7,13H2,1-2H3,(H,14,16). The van der Waals surface area contributed by atoms with Gasteiger partial charge in [0.05, 0.1) is 5.54 Å². The fraction of sp³-hybridized carbons (Fsp3) is 0.583. The summed E-state index contributed by atoms with van der Waals surface area (Å²) >= 11 is 0. The molecule has 0 radical (unpaired) electrons. The van der Waals surface area contributed by atoms with Gasteiger partial charge in [-0.3, -0.25) is 4.79 Å². The Labute approximate surface area is 95.8 Å². The molecule has 0 aliphatic heterocycles. The molecule has 1 aromatic heterocycles. The number of carbonyl (C=O) groups is 1. The molecule has 1 unspecified atom stereocenters. The van der Waals surface area contributed by atoms with Crippen molar-refractivity contribution in [1.29, 1.82) is 0 Å². The van der Waals surface area contributed by atoms with E-state index < -0.39 is 5.54 Å². The van der Waals surface area contributed by atoms with Crippen molar-refractivity contribution in [2.75, 3.05) is 0 Å². The summed E-state index contributed by atoms with van der Waals surface area (Å²) in [4.78, 5) is 11.9. The van der Waals surface area contributed by atoms with Gasteiger partial charge in [-0.15, -0.1) is 0 Å². The number of amides is 1. The Morgan fingerprint density at radius 2 is 2.38 bits per heavy atom. The molecule has 1 aromatic rings. The van der Waals surface area contributed by atoms with Crippen LogP contribution in [0.2, 0.25) is 0 Å². The summed E-state index contributed by atoms with van der Waals surface area (Å²) in [5, 5.41) is 2.90. The van der Waals surface area contributed by atoms with Crippen LogP contribution in [0.5, 0.6) is 0 Å². The molecule has 1 amide bonds. The predicted molar refractivity (Wildman–Crippen MR) is 62.6 cm³/mol. The van der Waals surface area contributed by atoms with E-state index in [9.17, 15) is 4.79 Å². The van der Waals surface area contributed by atoms with Gasteiger partial charge < -0.3 is 15.6 Å². The highest BCUT2D eigenvalue weighted by Crippen LogP contribution is 2.38. The van der Waals surface area contributed by atoms with Gasteiger partial charge in [-0.25, -0.2) is 0 Å². The van der Waals surface area contributed by atoms with Crippen molar-refractivity contribution in [3.05, 3.63) is 24.0 Å². The number of nitrogens with zero attached hydrogens (tertiary/aromatic N) is 1. The Morgan fingerprint density at radius 1 is 1.69 bits per heavy atom. The maximum atomic E-state index is 11.9. The van der Waals surface area contributed by atoms with Crippen LogP contribution in [0.4, 0.5) is 0 Å². The van der Waals surface area contributed by atoms with E-state index in [1.54, 1.807) is 0 Å². The van der Waals surface area contributed by atoms with Crippen molar-refractivity contribution in [3.63, 3.8) is 0 Å². The maximum Gasteiger partial charge on any atom is 0.240 e. The summed E-state index contributed by atoms with van der Waals surface area (Å²) in [5.41, 5.74) is 6.42. The Bertz CT molecular complexity index is 391. The number of aromatic nitrogens is 1. The monoisotopic (exact) mass is 221 g/mol. The number of nitrogens with two attached hydrogens (primary N) is 1. The predicted octanol–water partition coefficient (Wildman–Crippen LogP) is 0.769. The molecular formula is C12H19N3O. The van der Waals surface area contributed by atoms with Crippen LogP contribution < -0.4 is 11.1 Å². The van der Waals surface area contributed by atoms with Gasteiger partial charge in [-0.1, -0.05) is 0 Å². The number of aryl methyl sites for hydroxylation is 1. The lowest BCUT2D eigenvalue weighted by molar-refractivity contribution is -0.126. The minimum atomic E-state index is -0.700. The van der Waals surface area contributed by atoms with E-state index in [1.807, 2.05) is 37.0 Å². The van der Waals surface area contributed by atoms with Gasteiger partial charge in [-0.2, -0.15) is 0 Å². The van der Waals surface area contributed by atoms with Crippen LogP contribution in [-0.2, 0) is 18.4 Å². The van der Waals surface area contributed by atoms with Crippen LogP contribution in [0.1, 0.15) is 25.3 Å². The quantitative estimate of drug-likeness (QED) is 0.789. The topological polar surface area (TPSA) is 60.0 Å². The number of nitrogens with one attached hydrogen (secondary N) is 1. The lowest BCUT2D eigenvalue weighted by Gasteiger charge is -2.22. The van der Waals surface area contributed by atoms with Crippen molar-refractivity contribution in [2.24, 2.45) is 18.7 Å². The van der Waals surface area contributed by atoms with Gasteiger partial charge in [0.25, 0.3) is 0 Å². The Balaban J connectivity index is 1.88. The SMILES string of the molecule is Cn1ccc(CNC(=O)C(C)(N)C2CC2)c1. The second-order valence-electron chi connectivity index (χ2n) is 4.92. The van der Waals surface area contributed by atoms with E-state index in [4.69, 9.17) is 5.73 Å². The number of hydrogen-bond donors (Lipinski definition) is 2. The van der Waals surface area contributed by atoms with Crippen LogP contribution in [0.15, 0.2) is 18.5 Å². The molecule has 4 heteroatoms. The summed E-state index contributed by atoms with van der Waals surface area (Å²) in [6, 6.07) is 1.99. The first-order chi connectivity index (χ1) is 7.50. The first kappa shape index (κ1) is 11.2. The van der Waals surface area contributed by atoms with E-state index in [1.165, 1.54) is 0 Å². The van der Waals surface area contributed by atoms with Crippen molar-refractivity contribution in [1.82, 2.24) is 9.88 Å². The highest BCUT2D eigenvalue weighted by atomic mass is 16.2. The van der Waals surface area contributed by atoms with Crippen LogP contribution in [0, 0.1) is 5.92 Å². The number of hydrogen-bond acceptors (Lipinski definition) is 2. The lowest BCUT2D eigenvalue weighted by atomic mass is 9.96. The van der Waals surface area contributed by atoms with Crippen LogP contribution in [-0.4, -0.2) is 16.0 Å². The molecule has 16 heavy (non-hydrogen) atoms. The highest BCUT2D eigenvalue weighted by Gasteiger charge is 2.43. The summed E-state index contributed by atoms with van der Waals surface area (Å²) in [6.07, 6.45) is 6.10. The first-order valence-corrected chi connectivity index (χ1v) is 5.68. The third kappa shape index (κ3) is 2.27. The van der Waals surface area contributed by atoms with Crippen LogP contribution in [0.25, 0.3) is 0 Å². The molecular weight excluding hydrogens is 202 g/mol. The van der Waals surface area contributed by atoms with Gasteiger partial charge in [-0.05, 0) is 37.3 Å². The smallest absolute Gasteiger partial charge is 0.240 e. The van der Waals surface area contributed by atoms with Gasteiger partial charge >= 0.3 is 0 Å². The van der Waals surface area contributed by atoms with E-state index in [2.05, 4.69) is 5.32 Å². The van der Waals surface area contributed by atoms with Gasteiger partial charge in [0.1, 0.15) is 0 Å². The van der Waals surface area contributed by atoms with Crippen LogP contribution >= 0.6 is 0 Å². The molecule has 2 rings (SSSR count). The lowest BCUT2D eigenvalue weighted by Crippen LogP contribution is -2.53. The van der Waals surface area contributed by atoms with E-state index in [0.29, 0.717) is 12.5 Å². The molecule has 1 aliphatic carbocycles. The average molecular weight is 221 g/mol. The normalized spacial score (nSPS) is 19.2. The van der Waals surface area contributed by atoms with Crippen molar-refractivity contribution in [3.8, 4) is 0 Å². The molecule has 0 aromatic carbocycles. The van der Waals surface area contributed by atoms with Crippen LogP contribution in [0.3, 0.4) is 0 Å². The Morgan fingerprint density at radius 3 is 2.88 bits per heavy atom. The van der Waals surface area contributed by atoms with E-state index >= 15 is 0 Å². The molecule has 88 valence electrons. The summed E-state index contributed by atoms with van der Waals surface area (Å²) in [5.74, 6) is 0.321. The minimum Gasteiger partial charge on any atom is -0.357 e. The second-order valence-corrected chi connectivity index (χ2v) is 4.92. The summed E-state index contributed by atoms with van der Waals surface area (Å²) < 4.78 is 1.96. The average Bonchev–Trinajstić information content (AvgIpc) is 3.00. The summed E-state index contributed by atoms with van der Waals surface area (Å²) in [7, 11) is 1.96. The minimum absolute atomic E-state index is 0.0427. The molecule has 0 saturated heterocycles. The van der Waals surface area contributed by atoms with Crippen molar-refractivity contribution >= 4 is 5.91 Å². The largest absolute Gasteiger partial charge is 0.357 e. The van der Waals surface area contributed by atoms with Crippen molar-refractivity contribution in [2.45, 2.75) is 31.8 Å². The molecule has 0 bridgehead atoms. The number of rotatable bonds is 4. The molecule has 0 spiro atoms. The zero-order chi connectivity index (χ0) is 11.8. The Hall–Kier alpha value is -1.29. The third-order valence-corrected chi connectivity index (χ3v) is 3.26. The highest BCUT2D eigenvalue weighted by molar-refractivity contribution is 5.86. The van der Waals surface area contributed by atoms with E-state index in [-0.39, 0.29) is 5.91 Å². The molecule has 3 N–H and O–H groups in total. The molecule has 1 aliphatic rings.